The van der Waals surface area contributed by atoms with Gasteiger partial charge in [-0.2, -0.15) is 5.01 Å². The predicted molar refractivity (Wildman–Crippen MR) is 104 cm³/mol. The number of rotatable bonds is 2. The fourth-order valence-electron chi connectivity index (χ4n) is 5.75. The number of nitrogens with zero attached hydrogens (tertiary/aromatic N) is 1. The lowest BCUT2D eigenvalue weighted by molar-refractivity contribution is 0.0804. The molecule has 8 atom stereocenters. The summed E-state index contributed by atoms with van der Waals surface area (Å²) in [7, 11) is 0. The van der Waals surface area contributed by atoms with Crippen molar-refractivity contribution in [3.05, 3.63) is 0 Å². The van der Waals surface area contributed by atoms with Crippen LogP contribution in [0.4, 0.5) is 0 Å². The van der Waals surface area contributed by atoms with E-state index < -0.39 is 0 Å². The molecule has 0 aromatic rings. The minimum Gasteiger partial charge on any atom is -0.308 e. The lowest BCUT2D eigenvalue weighted by atomic mass is 9.78. The van der Waals surface area contributed by atoms with Crippen LogP contribution < -0.4 is 21.6 Å². The Morgan fingerprint density at radius 1 is 0.840 bits per heavy atom. The Balaban J connectivity index is 1.21. The van der Waals surface area contributed by atoms with Crippen LogP contribution in [0, 0.1) is 11.8 Å². The maximum atomic E-state index is 6.45. The molecule has 5 rings (SSSR count). The van der Waals surface area contributed by atoms with Gasteiger partial charge in [0, 0.05) is 17.5 Å². The van der Waals surface area contributed by atoms with Crippen LogP contribution in [0.15, 0.2) is 0 Å². The first kappa shape index (κ1) is 17.5. The average Bonchev–Trinajstić information content (AvgIpc) is 3.22. The van der Waals surface area contributed by atoms with Crippen molar-refractivity contribution >= 4 is 23.4 Å². The average molecular weight is 386 g/mol. The summed E-state index contributed by atoms with van der Waals surface area (Å²) < 4.78 is 0. The van der Waals surface area contributed by atoms with E-state index >= 15 is 0 Å². The van der Waals surface area contributed by atoms with Gasteiger partial charge in [0.25, 0.3) is 0 Å². The number of halogens is 1. The summed E-state index contributed by atoms with van der Waals surface area (Å²) in [5, 5.41) is 7.30. The monoisotopic (exact) mass is 385 g/mol. The zero-order chi connectivity index (χ0) is 16.8. The molecular weight excluding hydrogens is 354 g/mol. The summed E-state index contributed by atoms with van der Waals surface area (Å²) in [5.74, 6) is 1.58. The largest absolute Gasteiger partial charge is 0.308 e. The fourth-order valence-corrected chi connectivity index (χ4v) is 7.46. The van der Waals surface area contributed by atoms with Gasteiger partial charge in [0.15, 0.2) is 0 Å². The van der Waals surface area contributed by atoms with Gasteiger partial charge in [-0.15, -0.1) is 23.4 Å². The molecule has 2 aliphatic carbocycles. The van der Waals surface area contributed by atoms with Crippen LogP contribution in [-0.2, 0) is 0 Å². The number of nitrogens with one attached hydrogen (secondary N) is 4. The van der Waals surface area contributed by atoms with Crippen LogP contribution in [0.3, 0.4) is 0 Å². The maximum Gasteiger partial charge on any atom is 0.136 e. The summed E-state index contributed by atoms with van der Waals surface area (Å²) in [6, 6.07) is 1.37. The second-order valence-corrected chi connectivity index (χ2v) is 10.5. The SMILES string of the molecule is ClC1CCCC(C2NNC3SC(C4CCC5CCCCC5N4)NN32)C1. The molecule has 0 aromatic heterocycles. The van der Waals surface area contributed by atoms with E-state index in [4.69, 9.17) is 11.6 Å². The summed E-state index contributed by atoms with van der Waals surface area (Å²) in [4.78, 5) is 0. The minimum atomic E-state index is 0.344. The lowest BCUT2D eigenvalue weighted by Crippen LogP contribution is -2.58. The zero-order valence-corrected chi connectivity index (χ0v) is 16.5. The summed E-state index contributed by atoms with van der Waals surface area (Å²) in [6.07, 6.45) is 13.6. The highest BCUT2D eigenvalue weighted by Gasteiger charge is 2.48. The van der Waals surface area contributed by atoms with Gasteiger partial charge in [0.1, 0.15) is 5.50 Å². The topological polar surface area (TPSA) is 51.4 Å². The van der Waals surface area contributed by atoms with E-state index in [0.29, 0.717) is 34.4 Å². The van der Waals surface area contributed by atoms with Crippen molar-refractivity contribution in [3.63, 3.8) is 0 Å². The van der Waals surface area contributed by atoms with Gasteiger partial charge in [0.2, 0.25) is 0 Å². The molecule has 3 saturated heterocycles. The van der Waals surface area contributed by atoms with E-state index in [1.54, 1.807) is 0 Å². The lowest BCUT2D eigenvalue weighted by Gasteiger charge is -2.42. The first-order valence-electron chi connectivity index (χ1n) is 10.4. The molecule has 0 bridgehead atoms. The van der Waals surface area contributed by atoms with Crippen molar-refractivity contribution < 1.29 is 0 Å². The molecule has 3 aliphatic heterocycles. The van der Waals surface area contributed by atoms with E-state index in [1.807, 2.05) is 11.8 Å². The molecule has 5 fully saturated rings. The molecule has 0 aromatic carbocycles. The second kappa shape index (κ2) is 7.46. The van der Waals surface area contributed by atoms with E-state index in [2.05, 4.69) is 26.6 Å². The third-order valence-electron chi connectivity index (χ3n) is 7.11. The van der Waals surface area contributed by atoms with Crippen molar-refractivity contribution in [3.8, 4) is 0 Å². The number of alkyl halides is 1. The van der Waals surface area contributed by atoms with Gasteiger partial charge in [-0.3, -0.25) is 0 Å². The summed E-state index contributed by atoms with van der Waals surface area (Å²) >= 11 is 8.49. The Morgan fingerprint density at radius 2 is 1.72 bits per heavy atom. The first-order chi connectivity index (χ1) is 12.3. The van der Waals surface area contributed by atoms with Crippen molar-refractivity contribution in [1.82, 2.24) is 26.6 Å². The highest BCUT2D eigenvalue weighted by molar-refractivity contribution is 8.00. The molecular formula is C18H32ClN5S. The Kier molecular flexibility index (Phi) is 5.23. The molecule has 0 amide bonds. The first-order valence-corrected chi connectivity index (χ1v) is 11.8. The molecule has 5 nitrogen and oxygen atoms in total. The van der Waals surface area contributed by atoms with Crippen LogP contribution in [0.1, 0.15) is 64.2 Å². The minimum absolute atomic E-state index is 0.344. The number of thioether (sulfide) groups is 1. The Hall–Kier alpha value is 0.440. The van der Waals surface area contributed by atoms with Crippen LogP contribution in [0.25, 0.3) is 0 Å². The quantitative estimate of drug-likeness (QED) is 0.548. The summed E-state index contributed by atoms with van der Waals surface area (Å²) in [5.41, 5.74) is 11.2. The Labute approximate surface area is 160 Å². The van der Waals surface area contributed by atoms with Gasteiger partial charge in [-0.25, -0.2) is 16.3 Å². The normalized spacial score (nSPS) is 51.2. The standard InChI is InChI=1S/C18H32ClN5S/c19-13-6-3-5-12(10-13)16-21-22-18-24(16)23-17(25-18)15-9-8-11-4-1-2-7-14(11)20-15/h11-18,20-23H,1-10H2. The third-order valence-corrected chi connectivity index (χ3v) is 8.83. The molecule has 7 heteroatoms. The Bertz CT molecular complexity index is 482. The highest BCUT2D eigenvalue weighted by atomic mass is 35.5. The predicted octanol–water partition coefficient (Wildman–Crippen LogP) is 2.69. The van der Waals surface area contributed by atoms with E-state index in [9.17, 15) is 0 Å². The maximum absolute atomic E-state index is 6.45. The van der Waals surface area contributed by atoms with Crippen LogP contribution >= 0.6 is 23.4 Å². The molecule has 3 heterocycles. The number of hydrazine groups is 2. The smallest absolute Gasteiger partial charge is 0.136 e. The van der Waals surface area contributed by atoms with Crippen molar-refractivity contribution in [2.24, 2.45) is 11.8 Å². The van der Waals surface area contributed by atoms with Crippen LogP contribution in [-0.4, -0.2) is 39.5 Å². The van der Waals surface area contributed by atoms with Gasteiger partial charge in [-0.1, -0.05) is 19.3 Å². The van der Waals surface area contributed by atoms with Gasteiger partial charge < -0.3 is 5.32 Å². The molecule has 0 spiro atoms. The number of hydrogen-bond donors (Lipinski definition) is 4. The highest BCUT2D eigenvalue weighted by Crippen LogP contribution is 2.40. The van der Waals surface area contributed by atoms with E-state index in [-0.39, 0.29) is 0 Å². The van der Waals surface area contributed by atoms with Crippen molar-refractivity contribution in [2.75, 3.05) is 0 Å². The molecule has 2 saturated carbocycles. The van der Waals surface area contributed by atoms with Crippen LogP contribution in [0.5, 0.6) is 0 Å². The van der Waals surface area contributed by atoms with Gasteiger partial charge >= 0.3 is 0 Å². The van der Waals surface area contributed by atoms with Crippen molar-refractivity contribution in [2.45, 2.75) is 98.7 Å². The number of hydrogen-bond acceptors (Lipinski definition) is 6. The summed E-state index contributed by atoms with van der Waals surface area (Å²) in [6.45, 7) is 0. The molecule has 0 radical (unpaired) electrons. The van der Waals surface area contributed by atoms with Gasteiger partial charge in [-0.05, 0) is 56.8 Å². The number of fused-ring (bicyclic) bond motifs is 2. The Morgan fingerprint density at radius 3 is 2.64 bits per heavy atom. The van der Waals surface area contributed by atoms with Gasteiger partial charge in [0.05, 0.1) is 11.5 Å². The fraction of sp³-hybridized carbons (Fsp3) is 1.00. The number of piperidine rings is 1. The molecule has 8 unspecified atom stereocenters. The molecule has 5 aliphatic rings. The van der Waals surface area contributed by atoms with E-state index in [0.717, 1.165) is 18.4 Å². The van der Waals surface area contributed by atoms with Crippen LogP contribution in [0.2, 0.25) is 0 Å². The molecule has 142 valence electrons. The van der Waals surface area contributed by atoms with E-state index in [1.165, 1.54) is 57.8 Å². The third kappa shape index (κ3) is 3.48. The molecule has 25 heavy (non-hydrogen) atoms. The second-order valence-electron chi connectivity index (χ2n) is 8.70. The zero-order valence-electron chi connectivity index (χ0n) is 14.9. The van der Waals surface area contributed by atoms with Crippen molar-refractivity contribution in [1.29, 1.82) is 0 Å². The molecule has 4 N–H and O–H groups in total.